The van der Waals surface area contributed by atoms with Gasteiger partial charge in [0.05, 0.1) is 0 Å². The van der Waals surface area contributed by atoms with Crippen LogP contribution in [0.3, 0.4) is 0 Å². The van der Waals surface area contributed by atoms with Crippen LogP contribution in [0.15, 0.2) is 42.5 Å². The van der Waals surface area contributed by atoms with Crippen molar-refractivity contribution in [3.8, 4) is 0 Å². The minimum absolute atomic E-state index is 1.12. The van der Waals surface area contributed by atoms with Crippen molar-refractivity contribution in [3.63, 3.8) is 0 Å². The van der Waals surface area contributed by atoms with Crippen molar-refractivity contribution in [2.24, 2.45) is 0 Å². The summed E-state index contributed by atoms with van der Waals surface area (Å²) in [6.07, 6.45) is 10.1. The highest BCUT2D eigenvalue weighted by molar-refractivity contribution is 5.68. The maximum absolute atomic E-state index is 2.31. The molecule has 2 rings (SSSR count). The molecule has 0 unspecified atom stereocenters. The lowest BCUT2D eigenvalue weighted by Crippen LogP contribution is -1.89. The molecule has 0 saturated heterocycles. The monoisotopic (exact) mass is 184 g/mol. The van der Waals surface area contributed by atoms with Crippen molar-refractivity contribution < 1.29 is 0 Å². The second kappa shape index (κ2) is 4.28. The summed E-state index contributed by atoms with van der Waals surface area (Å²) in [4.78, 5) is 0. The molecule has 0 aromatic heterocycles. The summed E-state index contributed by atoms with van der Waals surface area (Å²) < 4.78 is 0. The molecule has 1 aromatic rings. The Balaban J connectivity index is 2.31. The van der Waals surface area contributed by atoms with Gasteiger partial charge in [0, 0.05) is 0 Å². The van der Waals surface area contributed by atoms with Gasteiger partial charge in [-0.15, -0.1) is 0 Å². The highest BCUT2D eigenvalue weighted by atomic mass is 14.1. The summed E-state index contributed by atoms with van der Waals surface area (Å²) in [6, 6.07) is 8.88. The van der Waals surface area contributed by atoms with Gasteiger partial charge >= 0.3 is 0 Å². The topological polar surface area (TPSA) is 0 Å². The van der Waals surface area contributed by atoms with Crippen LogP contribution in [0.25, 0.3) is 5.57 Å². The predicted molar refractivity (Wildman–Crippen MR) is 62.2 cm³/mol. The molecule has 0 atom stereocenters. The molecule has 1 aliphatic rings. The third kappa shape index (κ3) is 1.95. The highest BCUT2D eigenvalue weighted by Gasteiger charge is 2.02. The van der Waals surface area contributed by atoms with Crippen LogP contribution in [0.4, 0.5) is 0 Å². The number of aryl methyl sites for hydroxylation is 1. The van der Waals surface area contributed by atoms with Gasteiger partial charge in [-0.2, -0.15) is 0 Å². The van der Waals surface area contributed by atoms with E-state index in [9.17, 15) is 0 Å². The van der Waals surface area contributed by atoms with Crippen molar-refractivity contribution in [3.05, 3.63) is 53.6 Å². The van der Waals surface area contributed by atoms with E-state index < -0.39 is 0 Å². The average molecular weight is 184 g/mol. The van der Waals surface area contributed by atoms with E-state index in [-0.39, 0.29) is 0 Å². The smallest absolute Gasteiger partial charge is 0.0222 e. The van der Waals surface area contributed by atoms with Crippen molar-refractivity contribution in [1.82, 2.24) is 0 Å². The van der Waals surface area contributed by atoms with Crippen molar-refractivity contribution in [1.29, 1.82) is 0 Å². The maximum Gasteiger partial charge on any atom is -0.0222 e. The fraction of sp³-hybridized carbons (Fsp3) is 0.286. The van der Waals surface area contributed by atoms with Gasteiger partial charge in [0.15, 0.2) is 0 Å². The van der Waals surface area contributed by atoms with Crippen LogP contribution in [-0.2, 0) is 6.42 Å². The van der Waals surface area contributed by atoms with E-state index in [2.05, 4.69) is 49.4 Å². The molecule has 1 aliphatic carbocycles. The van der Waals surface area contributed by atoms with E-state index in [1.807, 2.05) is 0 Å². The maximum atomic E-state index is 2.31. The van der Waals surface area contributed by atoms with Crippen molar-refractivity contribution in [2.45, 2.75) is 26.2 Å². The van der Waals surface area contributed by atoms with Gasteiger partial charge in [0.1, 0.15) is 0 Å². The third-order valence-electron chi connectivity index (χ3n) is 2.72. The van der Waals surface area contributed by atoms with E-state index in [1.54, 1.807) is 0 Å². The fourth-order valence-electron chi connectivity index (χ4n) is 1.83. The summed E-state index contributed by atoms with van der Waals surface area (Å²) in [5, 5.41) is 0. The summed E-state index contributed by atoms with van der Waals surface area (Å²) in [5.41, 5.74) is 4.30. The third-order valence-corrected chi connectivity index (χ3v) is 2.72. The van der Waals surface area contributed by atoms with Crippen LogP contribution in [0.2, 0.25) is 0 Å². The Morgan fingerprint density at radius 1 is 1.29 bits per heavy atom. The van der Waals surface area contributed by atoms with Gasteiger partial charge in [-0.05, 0) is 36.0 Å². The van der Waals surface area contributed by atoms with Gasteiger partial charge in [0.25, 0.3) is 0 Å². The highest BCUT2D eigenvalue weighted by Crippen LogP contribution is 2.24. The summed E-state index contributed by atoms with van der Waals surface area (Å²) in [7, 11) is 0. The van der Waals surface area contributed by atoms with E-state index in [4.69, 9.17) is 0 Å². The Hall–Kier alpha value is -1.30. The molecule has 0 saturated carbocycles. The number of benzene rings is 1. The number of hydrogen-bond acceptors (Lipinski definition) is 0. The van der Waals surface area contributed by atoms with Crippen LogP contribution in [0.1, 0.15) is 30.9 Å². The van der Waals surface area contributed by atoms with Crippen LogP contribution in [-0.4, -0.2) is 0 Å². The molecule has 0 radical (unpaired) electrons. The summed E-state index contributed by atoms with van der Waals surface area (Å²) in [5.74, 6) is 0. The van der Waals surface area contributed by atoms with Crippen LogP contribution >= 0.6 is 0 Å². The molecular weight excluding hydrogens is 168 g/mol. The first-order valence-corrected chi connectivity index (χ1v) is 5.35. The molecule has 0 bridgehead atoms. The lowest BCUT2D eigenvalue weighted by atomic mass is 9.96. The molecule has 0 fully saturated rings. The minimum Gasteiger partial charge on any atom is -0.0842 e. The normalized spacial score (nSPS) is 15.4. The van der Waals surface area contributed by atoms with Gasteiger partial charge in [-0.3, -0.25) is 0 Å². The first-order chi connectivity index (χ1) is 6.90. The van der Waals surface area contributed by atoms with Gasteiger partial charge in [0.2, 0.25) is 0 Å². The van der Waals surface area contributed by atoms with Crippen LogP contribution < -0.4 is 0 Å². The number of rotatable bonds is 2. The van der Waals surface area contributed by atoms with Crippen LogP contribution in [0.5, 0.6) is 0 Å². The average Bonchev–Trinajstić information content (AvgIpc) is 2.30. The molecular formula is C14H16. The second-order valence-electron chi connectivity index (χ2n) is 3.71. The Bertz CT molecular complexity index is 369. The quantitative estimate of drug-likeness (QED) is 0.652. The van der Waals surface area contributed by atoms with E-state index >= 15 is 0 Å². The Kier molecular flexibility index (Phi) is 2.83. The zero-order valence-corrected chi connectivity index (χ0v) is 8.66. The van der Waals surface area contributed by atoms with E-state index in [0.29, 0.717) is 0 Å². The minimum atomic E-state index is 1.12. The lowest BCUT2D eigenvalue weighted by Gasteiger charge is -2.10. The Morgan fingerprint density at radius 2 is 2.21 bits per heavy atom. The van der Waals surface area contributed by atoms with Gasteiger partial charge < -0.3 is 0 Å². The molecule has 0 N–H and O–H groups in total. The SMILES string of the molecule is CCc1cccc(C2=CC=CCC2)c1. The van der Waals surface area contributed by atoms with E-state index in [1.165, 1.54) is 29.5 Å². The second-order valence-corrected chi connectivity index (χ2v) is 3.71. The van der Waals surface area contributed by atoms with Gasteiger partial charge in [-0.25, -0.2) is 0 Å². The largest absolute Gasteiger partial charge is 0.0842 e. The van der Waals surface area contributed by atoms with Crippen molar-refractivity contribution >= 4 is 5.57 Å². The number of hydrogen-bond donors (Lipinski definition) is 0. The van der Waals surface area contributed by atoms with E-state index in [0.717, 1.165) is 6.42 Å². The fourth-order valence-corrected chi connectivity index (χ4v) is 1.83. The zero-order chi connectivity index (χ0) is 9.80. The molecule has 72 valence electrons. The zero-order valence-electron chi connectivity index (χ0n) is 8.66. The Labute approximate surface area is 86.0 Å². The summed E-state index contributed by atoms with van der Waals surface area (Å²) in [6.45, 7) is 2.20. The molecule has 14 heavy (non-hydrogen) atoms. The van der Waals surface area contributed by atoms with Crippen molar-refractivity contribution in [2.75, 3.05) is 0 Å². The van der Waals surface area contributed by atoms with Crippen LogP contribution in [0, 0.1) is 0 Å². The Morgan fingerprint density at radius 3 is 2.93 bits per heavy atom. The van der Waals surface area contributed by atoms with Gasteiger partial charge in [-0.1, -0.05) is 49.4 Å². The number of allylic oxidation sites excluding steroid dienone is 4. The first kappa shape index (κ1) is 9.26. The molecule has 0 nitrogen and oxygen atoms in total. The molecule has 0 spiro atoms. The molecule has 0 heteroatoms. The predicted octanol–water partition coefficient (Wildman–Crippen LogP) is 3.98. The lowest BCUT2D eigenvalue weighted by molar-refractivity contribution is 1.05. The molecule has 0 amide bonds. The summed E-state index contributed by atoms with van der Waals surface area (Å²) >= 11 is 0. The molecule has 0 heterocycles. The first-order valence-electron chi connectivity index (χ1n) is 5.35. The molecule has 0 aliphatic heterocycles. The standard InChI is InChI=1S/C14H16/c1-2-12-7-6-10-14(11-12)13-8-4-3-5-9-13/h3-4,6-8,10-11H,2,5,9H2,1H3. The molecule has 1 aromatic carbocycles.